The fourth-order valence-electron chi connectivity index (χ4n) is 1.11. The molecule has 2 aromatic rings. The lowest BCUT2D eigenvalue weighted by molar-refractivity contribution is 0.540. The van der Waals surface area contributed by atoms with Gasteiger partial charge >= 0.3 is 0 Å². The van der Waals surface area contributed by atoms with Crippen LogP contribution in [0.2, 0.25) is 0 Å². The predicted octanol–water partition coefficient (Wildman–Crippen LogP) is 3.57. The molecule has 1 aromatic heterocycles. The van der Waals surface area contributed by atoms with E-state index in [1.54, 1.807) is 0 Å². The van der Waals surface area contributed by atoms with Gasteiger partial charge < -0.3 is 4.42 Å². The first kappa shape index (κ1) is 9.86. The molecular formula is C9H6Br2N2O. The molecule has 0 amide bonds. The Morgan fingerprint density at radius 1 is 1.21 bits per heavy atom. The quantitative estimate of drug-likeness (QED) is 0.807. The second kappa shape index (κ2) is 3.82. The molecule has 2 rings (SSSR count). The maximum atomic E-state index is 5.25. The highest BCUT2D eigenvalue weighted by molar-refractivity contribution is 9.10. The maximum Gasteiger partial charge on any atom is 0.285 e. The van der Waals surface area contributed by atoms with Crippen molar-refractivity contribution in [3.63, 3.8) is 0 Å². The van der Waals surface area contributed by atoms with Gasteiger partial charge in [-0.05, 0) is 40.5 Å². The van der Waals surface area contributed by atoms with E-state index in [4.69, 9.17) is 4.42 Å². The first-order chi connectivity index (χ1) is 6.66. The maximum absolute atomic E-state index is 5.25. The average Bonchev–Trinajstić information content (AvgIpc) is 2.51. The summed E-state index contributed by atoms with van der Waals surface area (Å²) >= 11 is 6.56. The lowest BCUT2D eigenvalue weighted by Gasteiger charge is -1.99. The zero-order chi connectivity index (χ0) is 10.1. The topological polar surface area (TPSA) is 38.9 Å². The Bertz CT molecular complexity index is 468. The van der Waals surface area contributed by atoms with Crippen molar-refractivity contribution in [1.82, 2.24) is 10.2 Å². The average molecular weight is 318 g/mol. The van der Waals surface area contributed by atoms with Crippen molar-refractivity contribution in [2.24, 2.45) is 0 Å². The van der Waals surface area contributed by atoms with Crippen molar-refractivity contribution in [1.29, 1.82) is 0 Å². The highest BCUT2D eigenvalue weighted by Crippen LogP contribution is 2.28. The van der Waals surface area contributed by atoms with E-state index >= 15 is 0 Å². The Hall–Kier alpha value is -0.680. The summed E-state index contributed by atoms with van der Waals surface area (Å²) in [7, 11) is 0. The molecule has 14 heavy (non-hydrogen) atoms. The third-order valence-corrected chi connectivity index (χ3v) is 2.73. The molecule has 0 spiro atoms. The zero-order valence-corrected chi connectivity index (χ0v) is 10.5. The van der Waals surface area contributed by atoms with Crippen LogP contribution in [-0.4, -0.2) is 10.2 Å². The summed E-state index contributed by atoms with van der Waals surface area (Å²) in [5.74, 6) is 0.503. The zero-order valence-electron chi connectivity index (χ0n) is 7.29. The van der Waals surface area contributed by atoms with E-state index in [0.29, 0.717) is 10.7 Å². The van der Waals surface area contributed by atoms with Crippen LogP contribution in [0.4, 0.5) is 0 Å². The van der Waals surface area contributed by atoms with Crippen molar-refractivity contribution in [3.05, 3.63) is 33.0 Å². The Kier molecular flexibility index (Phi) is 2.69. The van der Waals surface area contributed by atoms with E-state index in [9.17, 15) is 0 Å². The normalized spacial score (nSPS) is 10.5. The molecule has 0 bridgehead atoms. The van der Waals surface area contributed by atoms with Crippen LogP contribution in [0.15, 0.2) is 31.9 Å². The molecule has 0 saturated carbocycles. The van der Waals surface area contributed by atoms with Crippen LogP contribution in [0.1, 0.15) is 5.56 Å². The van der Waals surface area contributed by atoms with Crippen LogP contribution < -0.4 is 0 Å². The lowest BCUT2D eigenvalue weighted by atomic mass is 10.1. The molecule has 0 atom stereocenters. The van der Waals surface area contributed by atoms with E-state index in [1.165, 1.54) is 5.56 Å². The van der Waals surface area contributed by atoms with Crippen LogP contribution in [0.25, 0.3) is 11.5 Å². The highest BCUT2D eigenvalue weighted by Gasteiger charge is 2.09. The van der Waals surface area contributed by atoms with Gasteiger partial charge in [0.15, 0.2) is 0 Å². The van der Waals surface area contributed by atoms with Crippen molar-refractivity contribution in [2.45, 2.75) is 6.92 Å². The van der Waals surface area contributed by atoms with Gasteiger partial charge in [0, 0.05) is 20.4 Å². The second-order valence-electron chi connectivity index (χ2n) is 2.84. The molecule has 0 aliphatic heterocycles. The number of hydrogen-bond donors (Lipinski definition) is 0. The molecule has 1 heterocycles. The SMILES string of the molecule is Cc1ccc(-c2nnc(Br)o2)c(Br)c1. The van der Waals surface area contributed by atoms with E-state index < -0.39 is 0 Å². The van der Waals surface area contributed by atoms with Gasteiger partial charge in [0.1, 0.15) is 0 Å². The van der Waals surface area contributed by atoms with Crippen molar-refractivity contribution >= 4 is 31.9 Å². The monoisotopic (exact) mass is 316 g/mol. The molecule has 0 radical (unpaired) electrons. The van der Waals surface area contributed by atoms with Gasteiger partial charge in [-0.2, -0.15) is 0 Å². The van der Waals surface area contributed by atoms with Gasteiger partial charge in [-0.25, -0.2) is 0 Å². The van der Waals surface area contributed by atoms with Gasteiger partial charge in [0.05, 0.1) is 5.56 Å². The molecule has 0 saturated heterocycles. The highest BCUT2D eigenvalue weighted by atomic mass is 79.9. The Balaban J connectivity index is 2.52. The number of nitrogens with zero attached hydrogens (tertiary/aromatic N) is 2. The molecule has 0 aliphatic rings. The van der Waals surface area contributed by atoms with E-state index in [2.05, 4.69) is 42.1 Å². The van der Waals surface area contributed by atoms with Crippen LogP contribution in [-0.2, 0) is 0 Å². The number of aryl methyl sites for hydroxylation is 1. The molecule has 0 aliphatic carbocycles. The smallest absolute Gasteiger partial charge is 0.285 e. The van der Waals surface area contributed by atoms with Crippen molar-refractivity contribution in [2.75, 3.05) is 0 Å². The number of rotatable bonds is 1. The fourth-order valence-corrected chi connectivity index (χ4v) is 2.00. The van der Waals surface area contributed by atoms with E-state index in [-0.39, 0.29) is 0 Å². The minimum absolute atomic E-state index is 0.389. The van der Waals surface area contributed by atoms with Crippen LogP contribution >= 0.6 is 31.9 Å². The van der Waals surface area contributed by atoms with E-state index in [1.807, 2.05) is 25.1 Å². The Morgan fingerprint density at radius 3 is 2.57 bits per heavy atom. The molecule has 3 nitrogen and oxygen atoms in total. The van der Waals surface area contributed by atoms with Crippen LogP contribution in [0, 0.1) is 6.92 Å². The number of halogens is 2. The Morgan fingerprint density at radius 2 is 2.00 bits per heavy atom. The first-order valence-corrected chi connectivity index (χ1v) is 5.51. The number of hydrogen-bond acceptors (Lipinski definition) is 3. The van der Waals surface area contributed by atoms with Crippen LogP contribution in [0.5, 0.6) is 0 Å². The Labute approximate surface area is 97.8 Å². The van der Waals surface area contributed by atoms with Gasteiger partial charge in [0.25, 0.3) is 4.80 Å². The summed E-state index contributed by atoms with van der Waals surface area (Å²) < 4.78 is 6.21. The molecule has 0 unspecified atom stereocenters. The standard InChI is InChI=1S/C9H6Br2N2O/c1-5-2-3-6(7(10)4-5)8-12-13-9(11)14-8/h2-4H,1H3. The molecule has 0 N–H and O–H groups in total. The van der Waals surface area contributed by atoms with Crippen LogP contribution in [0.3, 0.4) is 0 Å². The minimum atomic E-state index is 0.389. The van der Waals surface area contributed by atoms with Crippen molar-refractivity contribution < 1.29 is 4.42 Å². The molecule has 72 valence electrons. The summed E-state index contributed by atoms with van der Waals surface area (Å²) in [5, 5.41) is 7.62. The summed E-state index contributed by atoms with van der Waals surface area (Å²) in [5.41, 5.74) is 2.08. The number of aromatic nitrogens is 2. The molecular weight excluding hydrogens is 312 g/mol. The third-order valence-electron chi connectivity index (χ3n) is 1.76. The summed E-state index contributed by atoms with van der Waals surface area (Å²) in [4.78, 5) is 0.389. The number of benzene rings is 1. The fraction of sp³-hybridized carbons (Fsp3) is 0.111. The van der Waals surface area contributed by atoms with Gasteiger partial charge in [-0.15, -0.1) is 10.2 Å². The summed E-state index contributed by atoms with van der Waals surface area (Å²) in [6, 6.07) is 5.95. The van der Waals surface area contributed by atoms with Gasteiger partial charge in [-0.3, -0.25) is 0 Å². The van der Waals surface area contributed by atoms with Crippen molar-refractivity contribution in [3.8, 4) is 11.5 Å². The third kappa shape index (κ3) is 1.88. The van der Waals surface area contributed by atoms with E-state index in [0.717, 1.165) is 10.0 Å². The van der Waals surface area contributed by atoms with Gasteiger partial charge in [-0.1, -0.05) is 6.07 Å². The second-order valence-corrected chi connectivity index (χ2v) is 4.38. The predicted molar refractivity (Wildman–Crippen MR) is 59.9 cm³/mol. The molecule has 0 fully saturated rings. The van der Waals surface area contributed by atoms with Gasteiger partial charge in [0.2, 0.25) is 5.89 Å². The largest absolute Gasteiger partial charge is 0.411 e. The summed E-state index contributed by atoms with van der Waals surface area (Å²) in [6.07, 6.45) is 0. The molecule has 1 aromatic carbocycles. The minimum Gasteiger partial charge on any atom is -0.411 e. The lowest BCUT2D eigenvalue weighted by Crippen LogP contribution is -1.81. The summed E-state index contributed by atoms with van der Waals surface area (Å²) in [6.45, 7) is 2.03. The first-order valence-electron chi connectivity index (χ1n) is 3.92. The molecule has 5 heteroatoms.